The van der Waals surface area contributed by atoms with E-state index in [9.17, 15) is 19.4 Å². The Hall–Kier alpha value is -3.20. The van der Waals surface area contributed by atoms with Crippen LogP contribution in [0.25, 0.3) is 0 Å². The van der Waals surface area contributed by atoms with Crippen molar-refractivity contribution in [2.45, 2.75) is 77.4 Å². The highest BCUT2D eigenvalue weighted by Gasteiger charge is 2.39. The third-order valence-electron chi connectivity index (χ3n) is 7.49. The molecule has 0 saturated carbocycles. The molecule has 0 radical (unpaired) electrons. The highest BCUT2D eigenvalue weighted by Crippen LogP contribution is 2.40. The summed E-state index contributed by atoms with van der Waals surface area (Å²) in [5.41, 5.74) is 3.62. The minimum Gasteiger partial charge on any atom is -0.508 e. The summed E-state index contributed by atoms with van der Waals surface area (Å²) in [6.45, 7) is 13.9. The van der Waals surface area contributed by atoms with Gasteiger partial charge in [0.1, 0.15) is 17.3 Å². The van der Waals surface area contributed by atoms with Gasteiger partial charge in [-0.3, -0.25) is 4.79 Å². The van der Waals surface area contributed by atoms with Crippen LogP contribution in [0, 0.1) is 5.82 Å². The van der Waals surface area contributed by atoms with E-state index in [0.29, 0.717) is 13.1 Å². The second-order valence-corrected chi connectivity index (χ2v) is 16.8. The van der Waals surface area contributed by atoms with E-state index in [1.807, 2.05) is 18.2 Å². The molecule has 4 N–H and O–H groups in total. The van der Waals surface area contributed by atoms with E-state index >= 15 is 0 Å². The van der Waals surface area contributed by atoms with Crippen molar-refractivity contribution in [3.63, 3.8) is 0 Å². The third kappa shape index (κ3) is 9.47. The quantitative estimate of drug-likeness (QED) is 0.191. The molecule has 3 rings (SSSR count). The van der Waals surface area contributed by atoms with E-state index in [0.717, 1.165) is 28.7 Å². The Morgan fingerprint density at radius 3 is 2.20 bits per heavy atom. The maximum absolute atomic E-state index is 13.1. The number of rotatable bonds is 12. The van der Waals surface area contributed by atoms with Crippen LogP contribution in [0.15, 0.2) is 66.7 Å². The summed E-state index contributed by atoms with van der Waals surface area (Å²) in [6.07, 6.45) is 0.682. The molecule has 0 fully saturated rings. The number of benzene rings is 3. The molecule has 0 aromatic heterocycles. The predicted octanol–water partition coefficient (Wildman–Crippen LogP) is 6.38. The number of carbonyl (C=O) groups is 1. The Kier molecular flexibility index (Phi) is 10.5. The lowest BCUT2D eigenvalue weighted by molar-refractivity contribution is -0.120. The van der Waals surface area contributed by atoms with Crippen molar-refractivity contribution >= 4 is 14.2 Å². The van der Waals surface area contributed by atoms with Gasteiger partial charge < -0.3 is 25.3 Å². The fourth-order valence-corrected chi connectivity index (χ4v) is 5.50. The predicted molar refractivity (Wildman–Crippen MR) is 160 cm³/mol. The van der Waals surface area contributed by atoms with Crippen LogP contribution in [-0.2, 0) is 28.6 Å². The number of hydrogen-bond acceptors (Lipinski definition) is 5. The number of amides is 1. The molecule has 0 aliphatic heterocycles. The Morgan fingerprint density at radius 1 is 0.950 bits per heavy atom. The van der Waals surface area contributed by atoms with Gasteiger partial charge in [-0.15, -0.1) is 0 Å². The molecule has 40 heavy (non-hydrogen) atoms. The van der Waals surface area contributed by atoms with Crippen LogP contribution in [0.4, 0.5) is 4.39 Å². The molecule has 2 atom stereocenters. The summed E-state index contributed by atoms with van der Waals surface area (Å²) in [7, 11) is -2.14. The number of aromatic hydroxyl groups is 2. The van der Waals surface area contributed by atoms with E-state index in [-0.39, 0.29) is 46.8 Å². The SMILES string of the molecule is C[C@H](Cc1cccc(CC(=O)NCc2ccc(F)cc2)c1)NC[C@H](O[Si](C)(C)C(C)(C)C)c1cc(O)cc(O)c1. The van der Waals surface area contributed by atoms with E-state index in [4.69, 9.17) is 4.43 Å². The Labute approximate surface area is 238 Å². The molecule has 6 nitrogen and oxygen atoms in total. The fourth-order valence-electron chi connectivity index (χ4n) is 4.22. The van der Waals surface area contributed by atoms with Gasteiger partial charge in [0.15, 0.2) is 8.32 Å². The first-order valence-electron chi connectivity index (χ1n) is 13.7. The number of carbonyl (C=O) groups excluding carboxylic acids is 1. The molecule has 0 unspecified atom stereocenters. The van der Waals surface area contributed by atoms with Crippen molar-refractivity contribution < 1.29 is 23.8 Å². The number of nitrogens with one attached hydrogen (secondary N) is 2. The van der Waals surface area contributed by atoms with Crippen molar-refractivity contribution in [2.75, 3.05) is 6.54 Å². The first-order valence-corrected chi connectivity index (χ1v) is 16.7. The summed E-state index contributed by atoms with van der Waals surface area (Å²) in [5.74, 6) is -0.378. The molecule has 216 valence electrons. The van der Waals surface area contributed by atoms with Crippen molar-refractivity contribution in [3.05, 3.63) is 94.8 Å². The second kappa shape index (κ2) is 13.4. The molecule has 1 amide bonds. The van der Waals surface area contributed by atoms with Gasteiger partial charge in [-0.2, -0.15) is 0 Å². The lowest BCUT2D eigenvalue weighted by Crippen LogP contribution is -2.44. The smallest absolute Gasteiger partial charge is 0.224 e. The monoisotopic (exact) mass is 566 g/mol. The van der Waals surface area contributed by atoms with Gasteiger partial charge in [-0.25, -0.2) is 4.39 Å². The van der Waals surface area contributed by atoms with Crippen molar-refractivity contribution in [1.29, 1.82) is 0 Å². The third-order valence-corrected chi connectivity index (χ3v) is 12.0. The number of phenolic OH excluding ortho intramolecular Hbond substituents is 2. The fraction of sp³-hybridized carbons (Fsp3) is 0.406. The maximum Gasteiger partial charge on any atom is 0.224 e. The van der Waals surface area contributed by atoms with Gasteiger partial charge >= 0.3 is 0 Å². The highest BCUT2D eigenvalue weighted by atomic mass is 28.4. The molecule has 3 aromatic rings. The number of hydrogen-bond donors (Lipinski definition) is 4. The summed E-state index contributed by atoms with van der Waals surface area (Å²) < 4.78 is 19.8. The zero-order chi connectivity index (χ0) is 29.5. The molecule has 0 aliphatic carbocycles. The van der Waals surface area contributed by atoms with Gasteiger partial charge in [-0.05, 0) is 78.0 Å². The first-order chi connectivity index (χ1) is 18.7. The van der Waals surface area contributed by atoms with E-state index < -0.39 is 8.32 Å². The van der Waals surface area contributed by atoms with Crippen LogP contribution in [0.2, 0.25) is 18.1 Å². The number of halogens is 1. The van der Waals surface area contributed by atoms with E-state index in [1.54, 1.807) is 24.3 Å². The summed E-state index contributed by atoms with van der Waals surface area (Å²) in [5, 5.41) is 26.7. The molecule has 0 aliphatic rings. The zero-order valence-corrected chi connectivity index (χ0v) is 25.4. The average Bonchev–Trinajstić information content (AvgIpc) is 2.85. The van der Waals surface area contributed by atoms with Crippen LogP contribution in [-0.4, -0.2) is 37.0 Å². The Morgan fingerprint density at radius 2 is 1.57 bits per heavy atom. The van der Waals surface area contributed by atoms with Crippen LogP contribution in [0.5, 0.6) is 11.5 Å². The maximum atomic E-state index is 13.1. The molecule has 0 heterocycles. The Balaban J connectivity index is 1.60. The van der Waals surface area contributed by atoms with Gasteiger partial charge in [0.2, 0.25) is 5.91 Å². The molecule has 0 bridgehead atoms. The lowest BCUT2D eigenvalue weighted by atomic mass is 10.0. The van der Waals surface area contributed by atoms with Crippen molar-refractivity contribution in [1.82, 2.24) is 10.6 Å². The standard InChI is InChI=1S/C32H43FN2O4Si/c1-22(34-21-30(39-40(5,6)32(2,3)4)26-17-28(36)19-29(37)18-26)14-24-8-7-9-25(15-24)16-31(38)35-20-23-10-12-27(33)13-11-23/h7-13,15,17-19,22,30,34,36-37H,14,16,20-21H2,1-6H3,(H,35,38)/t22-,30+/m1/s1. The van der Waals surface area contributed by atoms with Gasteiger partial charge in [0.05, 0.1) is 12.5 Å². The minimum atomic E-state index is -2.14. The van der Waals surface area contributed by atoms with Gasteiger partial charge in [-0.1, -0.05) is 57.2 Å². The summed E-state index contributed by atoms with van der Waals surface area (Å²) in [6, 6.07) is 18.8. The van der Waals surface area contributed by atoms with Crippen LogP contribution in [0.1, 0.15) is 56.1 Å². The zero-order valence-electron chi connectivity index (χ0n) is 24.4. The molecular formula is C32H43FN2O4Si. The molecule has 3 aromatic carbocycles. The molecule has 8 heteroatoms. The summed E-state index contributed by atoms with van der Waals surface area (Å²) >= 11 is 0. The number of phenols is 2. The van der Waals surface area contributed by atoms with Crippen LogP contribution < -0.4 is 10.6 Å². The molecule has 0 spiro atoms. The summed E-state index contributed by atoms with van der Waals surface area (Å²) in [4.78, 5) is 12.5. The van der Waals surface area contributed by atoms with E-state index in [1.165, 1.54) is 18.2 Å². The van der Waals surface area contributed by atoms with Crippen molar-refractivity contribution in [3.8, 4) is 11.5 Å². The second-order valence-electron chi connectivity index (χ2n) is 12.1. The largest absolute Gasteiger partial charge is 0.508 e. The minimum absolute atomic E-state index is 0.00147. The van der Waals surface area contributed by atoms with Crippen LogP contribution in [0.3, 0.4) is 0 Å². The highest BCUT2D eigenvalue weighted by molar-refractivity contribution is 6.74. The first kappa shape index (κ1) is 31.3. The lowest BCUT2D eigenvalue weighted by Gasteiger charge is -2.39. The van der Waals surface area contributed by atoms with Crippen LogP contribution >= 0.6 is 0 Å². The van der Waals surface area contributed by atoms with Crippen molar-refractivity contribution in [2.24, 2.45) is 0 Å². The van der Waals surface area contributed by atoms with Gasteiger partial charge in [0, 0.05) is 25.2 Å². The normalized spacial score (nSPS) is 13.6. The van der Waals surface area contributed by atoms with E-state index in [2.05, 4.69) is 57.5 Å². The molecule has 0 saturated heterocycles. The Bertz CT molecular complexity index is 1250. The average molecular weight is 567 g/mol. The molecular weight excluding hydrogens is 523 g/mol. The topological polar surface area (TPSA) is 90.8 Å². The van der Waals surface area contributed by atoms with Gasteiger partial charge in [0.25, 0.3) is 0 Å².